The second-order valence-corrected chi connectivity index (χ2v) is 6.52. The van der Waals surface area contributed by atoms with Crippen LogP contribution in [0.2, 0.25) is 10.0 Å². The molecule has 0 spiro atoms. The van der Waals surface area contributed by atoms with Crippen molar-refractivity contribution in [1.82, 2.24) is 14.8 Å². The van der Waals surface area contributed by atoms with Crippen molar-refractivity contribution in [3.8, 4) is 5.75 Å². The lowest BCUT2D eigenvalue weighted by Gasteiger charge is -2.12. The van der Waals surface area contributed by atoms with E-state index in [2.05, 4.69) is 15.5 Å². The SMILES string of the molecule is Nc1nnc(NC(=O)n2ccccc2=O)cc1OCCc1c(Cl)ccc(F)c1Cl. The van der Waals surface area contributed by atoms with Gasteiger partial charge in [0.2, 0.25) is 0 Å². The molecule has 0 radical (unpaired) electrons. The molecule has 0 aliphatic rings. The van der Waals surface area contributed by atoms with E-state index in [4.69, 9.17) is 33.7 Å². The average molecular weight is 438 g/mol. The minimum atomic E-state index is -0.723. The molecule has 0 atom stereocenters. The topological polar surface area (TPSA) is 112 Å². The van der Waals surface area contributed by atoms with Crippen molar-refractivity contribution < 1.29 is 13.9 Å². The van der Waals surface area contributed by atoms with Gasteiger partial charge in [-0.15, -0.1) is 10.2 Å². The van der Waals surface area contributed by atoms with Gasteiger partial charge in [0.15, 0.2) is 17.4 Å². The highest BCUT2D eigenvalue weighted by Gasteiger charge is 2.13. The maximum atomic E-state index is 13.6. The van der Waals surface area contributed by atoms with Crippen LogP contribution in [0.5, 0.6) is 5.75 Å². The van der Waals surface area contributed by atoms with Crippen molar-refractivity contribution >= 4 is 40.9 Å². The predicted octanol–water partition coefficient (Wildman–Crippen LogP) is 3.37. The van der Waals surface area contributed by atoms with Crippen LogP contribution in [0.3, 0.4) is 0 Å². The second kappa shape index (κ2) is 8.89. The molecule has 29 heavy (non-hydrogen) atoms. The number of amides is 1. The predicted molar refractivity (Wildman–Crippen MR) is 107 cm³/mol. The molecule has 11 heteroatoms. The van der Waals surface area contributed by atoms with Crippen LogP contribution >= 0.6 is 23.2 Å². The second-order valence-electron chi connectivity index (χ2n) is 5.74. The number of carbonyl (C=O) groups excluding carboxylic acids is 1. The summed E-state index contributed by atoms with van der Waals surface area (Å²) in [6, 6.07) is 7.49. The number of hydrogen-bond donors (Lipinski definition) is 2. The Morgan fingerprint density at radius 1 is 1.24 bits per heavy atom. The van der Waals surface area contributed by atoms with Crippen molar-refractivity contribution in [3.63, 3.8) is 0 Å². The molecule has 1 aromatic carbocycles. The molecule has 0 saturated heterocycles. The maximum Gasteiger partial charge on any atom is 0.334 e. The molecule has 0 bridgehead atoms. The Morgan fingerprint density at radius 3 is 2.79 bits per heavy atom. The van der Waals surface area contributed by atoms with Gasteiger partial charge in [0, 0.05) is 29.8 Å². The summed E-state index contributed by atoms with van der Waals surface area (Å²) < 4.78 is 20.0. The van der Waals surface area contributed by atoms with Crippen LogP contribution in [-0.2, 0) is 6.42 Å². The number of nitrogens with one attached hydrogen (secondary N) is 1. The van der Waals surface area contributed by atoms with Crippen LogP contribution < -0.4 is 21.3 Å². The molecule has 3 rings (SSSR count). The van der Waals surface area contributed by atoms with Crippen molar-refractivity contribution in [2.75, 3.05) is 17.7 Å². The first-order valence-electron chi connectivity index (χ1n) is 8.24. The first kappa shape index (κ1) is 20.6. The lowest BCUT2D eigenvalue weighted by Crippen LogP contribution is -2.30. The Morgan fingerprint density at radius 2 is 2.03 bits per heavy atom. The van der Waals surface area contributed by atoms with E-state index in [9.17, 15) is 14.0 Å². The van der Waals surface area contributed by atoms with Crippen molar-refractivity contribution in [1.29, 1.82) is 0 Å². The van der Waals surface area contributed by atoms with Gasteiger partial charge in [0.05, 0.1) is 11.6 Å². The molecule has 0 aliphatic carbocycles. The molecule has 0 saturated carbocycles. The number of carbonyl (C=O) groups is 1. The van der Waals surface area contributed by atoms with Gasteiger partial charge in [-0.1, -0.05) is 29.3 Å². The molecule has 0 fully saturated rings. The first-order chi connectivity index (χ1) is 13.9. The summed E-state index contributed by atoms with van der Waals surface area (Å²) >= 11 is 12.0. The number of nitrogen functional groups attached to an aromatic ring is 1. The molecular weight excluding hydrogens is 424 g/mol. The highest BCUT2D eigenvalue weighted by Crippen LogP contribution is 2.28. The van der Waals surface area contributed by atoms with Gasteiger partial charge in [-0.25, -0.2) is 13.8 Å². The van der Waals surface area contributed by atoms with Crippen molar-refractivity contribution in [2.45, 2.75) is 6.42 Å². The van der Waals surface area contributed by atoms with E-state index in [0.29, 0.717) is 10.6 Å². The molecule has 0 unspecified atom stereocenters. The summed E-state index contributed by atoms with van der Waals surface area (Å²) in [4.78, 5) is 23.9. The van der Waals surface area contributed by atoms with E-state index in [0.717, 1.165) is 4.57 Å². The minimum Gasteiger partial charge on any atom is -0.489 e. The minimum absolute atomic E-state index is 0.0173. The summed E-state index contributed by atoms with van der Waals surface area (Å²) in [6.45, 7) is 0.0598. The Kier molecular flexibility index (Phi) is 6.30. The fourth-order valence-electron chi connectivity index (χ4n) is 2.39. The summed E-state index contributed by atoms with van der Waals surface area (Å²) in [7, 11) is 0. The van der Waals surface area contributed by atoms with Crippen LogP contribution in [0.25, 0.3) is 0 Å². The molecule has 2 aromatic heterocycles. The van der Waals surface area contributed by atoms with Crippen molar-refractivity contribution in [3.05, 3.63) is 74.4 Å². The lowest BCUT2D eigenvalue weighted by atomic mass is 10.1. The molecule has 3 N–H and O–H groups in total. The highest BCUT2D eigenvalue weighted by atomic mass is 35.5. The Hall–Kier alpha value is -3.17. The normalized spacial score (nSPS) is 10.6. The van der Waals surface area contributed by atoms with Gasteiger partial charge >= 0.3 is 6.03 Å². The smallest absolute Gasteiger partial charge is 0.334 e. The molecule has 8 nitrogen and oxygen atoms in total. The Labute approximate surface area is 174 Å². The Balaban J connectivity index is 1.70. The van der Waals surface area contributed by atoms with Gasteiger partial charge in [0.25, 0.3) is 5.56 Å². The third-order valence-corrected chi connectivity index (χ3v) is 4.57. The third kappa shape index (κ3) is 4.82. The fraction of sp³-hybridized carbons (Fsp3) is 0.111. The number of halogens is 3. The summed E-state index contributed by atoms with van der Waals surface area (Å²) in [5, 5.41) is 10.1. The van der Waals surface area contributed by atoms with Crippen LogP contribution in [0.15, 0.2) is 47.4 Å². The zero-order valence-electron chi connectivity index (χ0n) is 14.7. The number of nitrogens with zero attached hydrogens (tertiary/aromatic N) is 3. The molecule has 3 aromatic rings. The van der Waals surface area contributed by atoms with Crippen LogP contribution in [-0.4, -0.2) is 27.4 Å². The zero-order valence-corrected chi connectivity index (χ0v) is 16.2. The molecule has 0 aliphatic heterocycles. The molecule has 150 valence electrons. The van der Waals surface area contributed by atoms with E-state index in [1.165, 1.54) is 42.6 Å². The van der Waals surface area contributed by atoms with E-state index in [1.54, 1.807) is 0 Å². The van der Waals surface area contributed by atoms with Crippen LogP contribution in [0, 0.1) is 5.82 Å². The molecule has 2 heterocycles. The van der Waals surface area contributed by atoms with E-state index in [1.807, 2.05) is 0 Å². The molecular formula is C18H14Cl2FN5O3. The largest absolute Gasteiger partial charge is 0.489 e. The number of anilines is 2. The molecule has 1 amide bonds. The van der Waals surface area contributed by atoms with Gasteiger partial charge in [-0.2, -0.15) is 0 Å². The number of pyridine rings is 1. The Bertz CT molecular complexity index is 1120. The van der Waals surface area contributed by atoms with E-state index in [-0.39, 0.29) is 35.4 Å². The number of ether oxygens (including phenoxy) is 1. The highest BCUT2D eigenvalue weighted by molar-refractivity contribution is 6.36. The number of benzene rings is 1. The number of rotatable bonds is 5. The standard InChI is InChI=1S/C18H14Cl2FN5O3/c19-11-4-5-12(21)16(20)10(11)6-8-29-13-9-14(24-25-17(13)22)23-18(28)26-7-2-1-3-15(26)27/h1-5,7,9H,6,8H2,(H2,22,25)(H,23,24,28). The van der Waals surface area contributed by atoms with Crippen molar-refractivity contribution in [2.24, 2.45) is 0 Å². The third-order valence-electron chi connectivity index (χ3n) is 3.81. The summed E-state index contributed by atoms with van der Waals surface area (Å²) in [5.41, 5.74) is 5.63. The van der Waals surface area contributed by atoms with E-state index < -0.39 is 17.4 Å². The zero-order chi connectivity index (χ0) is 21.0. The van der Waals surface area contributed by atoms with Crippen LogP contribution in [0.4, 0.5) is 20.8 Å². The van der Waals surface area contributed by atoms with Crippen LogP contribution in [0.1, 0.15) is 5.56 Å². The number of nitrogens with two attached hydrogens (primary N) is 1. The number of aromatic nitrogens is 3. The quantitative estimate of drug-likeness (QED) is 0.591. The van der Waals surface area contributed by atoms with Gasteiger partial charge in [-0.3, -0.25) is 10.1 Å². The van der Waals surface area contributed by atoms with E-state index >= 15 is 0 Å². The first-order valence-corrected chi connectivity index (χ1v) is 9.00. The number of hydrogen-bond acceptors (Lipinski definition) is 6. The average Bonchev–Trinajstić information content (AvgIpc) is 2.70. The monoisotopic (exact) mass is 437 g/mol. The summed E-state index contributed by atoms with van der Waals surface area (Å²) in [6.07, 6.45) is 1.52. The summed E-state index contributed by atoms with van der Waals surface area (Å²) in [5.74, 6) is -0.440. The van der Waals surface area contributed by atoms with Gasteiger partial charge in [-0.05, 0) is 23.8 Å². The maximum absolute atomic E-state index is 13.6. The fourth-order valence-corrected chi connectivity index (χ4v) is 2.95. The van der Waals surface area contributed by atoms with Gasteiger partial charge < -0.3 is 10.5 Å². The van der Waals surface area contributed by atoms with Gasteiger partial charge in [0.1, 0.15) is 5.82 Å². The lowest BCUT2D eigenvalue weighted by molar-refractivity contribution is 0.252.